The first-order valence-electron chi connectivity index (χ1n) is 12.7. The van der Waals surface area contributed by atoms with Crippen LogP contribution in [-0.4, -0.2) is 49.8 Å². The fourth-order valence-electron chi connectivity index (χ4n) is 5.84. The van der Waals surface area contributed by atoms with Crippen molar-refractivity contribution in [3.05, 3.63) is 57.5 Å². The highest BCUT2D eigenvalue weighted by molar-refractivity contribution is 5.77. The van der Waals surface area contributed by atoms with E-state index < -0.39 is 0 Å². The lowest BCUT2D eigenvalue weighted by Crippen LogP contribution is -2.44. The molecule has 0 spiro atoms. The lowest BCUT2D eigenvalue weighted by atomic mass is 9.92. The molecule has 1 aliphatic carbocycles. The van der Waals surface area contributed by atoms with Gasteiger partial charge in [-0.05, 0) is 56.2 Å². The monoisotopic (exact) mass is 449 g/mol. The van der Waals surface area contributed by atoms with E-state index in [0.29, 0.717) is 31.3 Å². The summed E-state index contributed by atoms with van der Waals surface area (Å²) in [6.45, 7) is 2.42. The highest BCUT2D eigenvalue weighted by Crippen LogP contribution is 2.31. The van der Waals surface area contributed by atoms with Crippen molar-refractivity contribution in [2.75, 3.05) is 13.1 Å². The fourth-order valence-corrected chi connectivity index (χ4v) is 5.84. The van der Waals surface area contributed by atoms with E-state index in [1.807, 2.05) is 17.0 Å². The number of carbonyl (C=O) groups excluding carboxylic acids is 1. The van der Waals surface area contributed by atoms with Crippen molar-refractivity contribution < 1.29 is 4.79 Å². The molecule has 7 heteroatoms. The normalized spacial score (nSPS) is 22.2. The van der Waals surface area contributed by atoms with Crippen molar-refractivity contribution in [2.45, 2.75) is 89.3 Å². The van der Waals surface area contributed by atoms with Gasteiger partial charge in [-0.3, -0.25) is 19.5 Å². The Morgan fingerprint density at radius 1 is 1.03 bits per heavy atom. The number of aromatic nitrogens is 3. The van der Waals surface area contributed by atoms with Gasteiger partial charge in [-0.1, -0.05) is 19.3 Å². The van der Waals surface area contributed by atoms with Gasteiger partial charge < -0.3 is 9.88 Å². The zero-order chi connectivity index (χ0) is 22.6. The van der Waals surface area contributed by atoms with E-state index in [1.54, 1.807) is 12.4 Å². The standard InChI is InChI=1S/C26H35N5O2/c32-24(10-9-19-11-14-27-15-12-19)31-16-5-4-8-23(31)25-28-22-13-17-30(18-21(22)26(33)29-25)20-6-2-1-3-7-20/h11-12,14-15,20,23H,1-10,13,16-18H2,(H,28,29,33)/t23-/m1/s1. The third-order valence-corrected chi connectivity index (χ3v) is 7.72. The number of aryl methyl sites for hydroxylation is 1. The minimum Gasteiger partial charge on any atom is -0.333 e. The molecule has 0 aromatic carbocycles. The molecule has 2 aromatic heterocycles. The number of nitrogens with zero attached hydrogens (tertiary/aromatic N) is 4. The molecular weight excluding hydrogens is 414 g/mol. The lowest BCUT2D eigenvalue weighted by Gasteiger charge is -2.38. The number of pyridine rings is 1. The number of nitrogens with one attached hydrogen (secondary N) is 1. The molecule has 1 N–H and O–H groups in total. The first-order valence-corrected chi connectivity index (χ1v) is 12.7. The molecule has 4 heterocycles. The predicted octanol–water partition coefficient (Wildman–Crippen LogP) is 3.54. The Balaban J connectivity index is 1.31. The summed E-state index contributed by atoms with van der Waals surface area (Å²) in [5, 5.41) is 0. The molecule has 2 aliphatic heterocycles. The Morgan fingerprint density at radius 3 is 2.64 bits per heavy atom. The van der Waals surface area contributed by atoms with Crippen LogP contribution in [0.4, 0.5) is 0 Å². The molecule has 2 fully saturated rings. The van der Waals surface area contributed by atoms with Crippen LogP contribution in [-0.2, 0) is 24.2 Å². The van der Waals surface area contributed by atoms with Crippen LogP contribution in [0.25, 0.3) is 0 Å². The van der Waals surface area contributed by atoms with Gasteiger partial charge in [-0.25, -0.2) is 4.98 Å². The summed E-state index contributed by atoms with van der Waals surface area (Å²) in [7, 11) is 0. The topological polar surface area (TPSA) is 82.2 Å². The highest BCUT2D eigenvalue weighted by Gasteiger charge is 2.32. The Bertz CT molecular complexity index is 1020. The summed E-state index contributed by atoms with van der Waals surface area (Å²) in [6, 6.07) is 4.40. The molecule has 1 amide bonds. The zero-order valence-corrected chi connectivity index (χ0v) is 19.5. The molecular formula is C26H35N5O2. The first kappa shape index (κ1) is 22.3. The fraction of sp³-hybridized carbons (Fsp3) is 0.615. The lowest BCUT2D eigenvalue weighted by molar-refractivity contribution is -0.135. The van der Waals surface area contributed by atoms with Crippen LogP contribution in [0.2, 0.25) is 0 Å². The molecule has 0 radical (unpaired) electrons. The van der Waals surface area contributed by atoms with Gasteiger partial charge in [-0.2, -0.15) is 0 Å². The van der Waals surface area contributed by atoms with Gasteiger partial charge in [0.25, 0.3) is 5.56 Å². The molecule has 176 valence electrons. The van der Waals surface area contributed by atoms with Gasteiger partial charge >= 0.3 is 0 Å². The van der Waals surface area contributed by atoms with Crippen LogP contribution in [0.1, 0.15) is 86.5 Å². The van der Waals surface area contributed by atoms with Crippen LogP contribution in [0.5, 0.6) is 0 Å². The van der Waals surface area contributed by atoms with Crippen molar-refractivity contribution in [2.24, 2.45) is 0 Å². The number of carbonyl (C=O) groups is 1. The molecule has 0 unspecified atom stereocenters. The summed E-state index contributed by atoms with van der Waals surface area (Å²) in [4.78, 5) is 42.8. The third-order valence-electron chi connectivity index (χ3n) is 7.72. The van der Waals surface area contributed by atoms with Crippen LogP contribution in [0.3, 0.4) is 0 Å². The number of rotatable bonds is 5. The van der Waals surface area contributed by atoms with E-state index >= 15 is 0 Å². The molecule has 3 aliphatic rings. The van der Waals surface area contributed by atoms with E-state index in [-0.39, 0.29) is 17.5 Å². The number of piperidine rings is 1. The van der Waals surface area contributed by atoms with Gasteiger partial charge in [0.05, 0.1) is 17.3 Å². The molecule has 2 aromatic rings. The number of amides is 1. The second-order valence-electron chi connectivity index (χ2n) is 9.84. The third kappa shape index (κ3) is 5.03. The molecule has 1 saturated carbocycles. The molecule has 7 nitrogen and oxygen atoms in total. The summed E-state index contributed by atoms with van der Waals surface area (Å²) < 4.78 is 0. The van der Waals surface area contributed by atoms with E-state index in [9.17, 15) is 9.59 Å². The van der Waals surface area contributed by atoms with E-state index in [4.69, 9.17) is 4.98 Å². The largest absolute Gasteiger partial charge is 0.333 e. The quantitative estimate of drug-likeness (QED) is 0.755. The summed E-state index contributed by atoms with van der Waals surface area (Å²) in [5.41, 5.74) is 2.89. The summed E-state index contributed by atoms with van der Waals surface area (Å²) in [5.74, 6) is 0.821. The van der Waals surface area contributed by atoms with Crippen molar-refractivity contribution in [3.8, 4) is 0 Å². The molecule has 0 bridgehead atoms. The Kier molecular flexibility index (Phi) is 6.85. The maximum Gasteiger partial charge on any atom is 0.255 e. The number of fused-ring (bicyclic) bond motifs is 1. The first-order chi connectivity index (χ1) is 16.2. The van der Waals surface area contributed by atoms with E-state index in [0.717, 1.165) is 55.6 Å². The summed E-state index contributed by atoms with van der Waals surface area (Å²) in [6.07, 6.45) is 14.9. The van der Waals surface area contributed by atoms with Crippen molar-refractivity contribution in [1.82, 2.24) is 24.8 Å². The molecule has 1 atom stereocenters. The van der Waals surface area contributed by atoms with Gasteiger partial charge in [-0.15, -0.1) is 0 Å². The van der Waals surface area contributed by atoms with Crippen LogP contribution < -0.4 is 5.56 Å². The number of likely N-dealkylation sites (tertiary alicyclic amines) is 1. The summed E-state index contributed by atoms with van der Waals surface area (Å²) >= 11 is 0. The van der Waals surface area contributed by atoms with Gasteiger partial charge in [0.15, 0.2) is 0 Å². The number of hydrogen-bond acceptors (Lipinski definition) is 5. The minimum absolute atomic E-state index is 0.00901. The Hall–Kier alpha value is -2.54. The van der Waals surface area contributed by atoms with Crippen molar-refractivity contribution >= 4 is 5.91 Å². The average Bonchev–Trinajstić information content (AvgIpc) is 2.88. The SMILES string of the molecule is O=C(CCc1ccncc1)N1CCCC[C@@H]1c1nc2c(c(=O)[nH]1)CN(C1CCCCC1)CC2. The maximum atomic E-state index is 13.1. The van der Waals surface area contributed by atoms with E-state index in [1.165, 1.54) is 32.1 Å². The maximum absolute atomic E-state index is 13.1. The van der Waals surface area contributed by atoms with Crippen LogP contribution in [0, 0.1) is 0 Å². The minimum atomic E-state index is -0.127. The second-order valence-corrected chi connectivity index (χ2v) is 9.84. The van der Waals surface area contributed by atoms with E-state index in [2.05, 4.69) is 14.9 Å². The number of H-pyrrole nitrogens is 1. The molecule has 1 saturated heterocycles. The zero-order valence-electron chi connectivity index (χ0n) is 19.5. The second kappa shape index (κ2) is 10.2. The molecule has 5 rings (SSSR count). The van der Waals surface area contributed by atoms with Gasteiger partial charge in [0.1, 0.15) is 5.82 Å². The highest BCUT2D eigenvalue weighted by atomic mass is 16.2. The Labute approximate surface area is 195 Å². The van der Waals surface area contributed by atoms with Gasteiger partial charge in [0, 0.05) is 50.9 Å². The van der Waals surface area contributed by atoms with Crippen molar-refractivity contribution in [3.63, 3.8) is 0 Å². The number of aromatic amines is 1. The van der Waals surface area contributed by atoms with Crippen LogP contribution in [0.15, 0.2) is 29.3 Å². The number of hydrogen-bond donors (Lipinski definition) is 1. The Morgan fingerprint density at radius 2 is 1.82 bits per heavy atom. The van der Waals surface area contributed by atoms with Gasteiger partial charge in [0.2, 0.25) is 5.91 Å². The predicted molar refractivity (Wildman–Crippen MR) is 127 cm³/mol. The molecule has 33 heavy (non-hydrogen) atoms. The van der Waals surface area contributed by atoms with Crippen molar-refractivity contribution in [1.29, 1.82) is 0 Å². The smallest absolute Gasteiger partial charge is 0.255 e. The average molecular weight is 450 g/mol. The van der Waals surface area contributed by atoms with Crippen LogP contribution >= 0.6 is 0 Å².